The second-order valence-electron chi connectivity index (χ2n) is 5.48. The van der Waals surface area contributed by atoms with Gasteiger partial charge in [0.2, 0.25) is 5.91 Å². The van der Waals surface area contributed by atoms with Gasteiger partial charge in [-0.25, -0.2) is 5.43 Å². The summed E-state index contributed by atoms with van der Waals surface area (Å²) in [5, 5.41) is 6.24. The average Bonchev–Trinajstić information content (AvgIpc) is 2.65. The molecule has 9 heteroatoms. The Balaban J connectivity index is 1.75. The summed E-state index contributed by atoms with van der Waals surface area (Å²) < 4.78 is 0.602. The second kappa shape index (κ2) is 8.19. The van der Waals surface area contributed by atoms with E-state index in [1.54, 1.807) is 54.6 Å². The minimum Gasteiger partial charge on any atom is -0.301 e. The number of carbonyl (C=O) groups excluding carboxylic acids is 3. The van der Waals surface area contributed by atoms with Crippen molar-refractivity contribution in [2.75, 3.05) is 4.90 Å². The topological polar surface area (TPSA) is 90.9 Å². The number of hydrogen-bond acceptors (Lipinski definition) is 5. The molecule has 0 aromatic heterocycles. The van der Waals surface area contributed by atoms with Gasteiger partial charge in [-0.1, -0.05) is 30.3 Å². The van der Waals surface area contributed by atoms with Crippen LogP contribution in [0.2, 0.25) is 0 Å². The largest absolute Gasteiger partial charge is 0.301 e. The molecule has 2 N–H and O–H groups in total. The number of hydrazone groups is 1. The van der Waals surface area contributed by atoms with Crippen LogP contribution in [0.4, 0.5) is 5.69 Å². The maximum atomic E-state index is 12.7. The molecule has 0 unspecified atom stereocenters. The molecule has 1 heterocycles. The predicted molar refractivity (Wildman–Crippen MR) is 108 cm³/mol. The SMILES string of the molecule is O=C(N/N=C\[C@H]1C(=O)NC(=S)N(c2ccccc2)C1=O)c1ccccc1Br. The fourth-order valence-electron chi connectivity index (χ4n) is 2.42. The Morgan fingerprint density at radius 3 is 2.52 bits per heavy atom. The van der Waals surface area contributed by atoms with Gasteiger partial charge in [0.25, 0.3) is 11.8 Å². The molecule has 0 bridgehead atoms. The van der Waals surface area contributed by atoms with E-state index in [0.29, 0.717) is 15.7 Å². The number of thiocarbonyl (C=S) groups is 1. The van der Waals surface area contributed by atoms with E-state index in [-0.39, 0.29) is 5.11 Å². The van der Waals surface area contributed by atoms with Gasteiger partial charge in [0.1, 0.15) is 0 Å². The van der Waals surface area contributed by atoms with Crippen molar-refractivity contribution in [1.82, 2.24) is 10.7 Å². The van der Waals surface area contributed by atoms with Gasteiger partial charge in [0.15, 0.2) is 11.0 Å². The van der Waals surface area contributed by atoms with Gasteiger partial charge in [0.05, 0.1) is 11.3 Å². The summed E-state index contributed by atoms with van der Waals surface area (Å²) >= 11 is 8.38. The molecule has 1 saturated heterocycles. The van der Waals surface area contributed by atoms with Crippen LogP contribution in [0.3, 0.4) is 0 Å². The summed E-state index contributed by atoms with van der Waals surface area (Å²) in [5.74, 6) is -2.83. The molecule has 1 aliphatic heterocycles. The van der Waals surface area contributed by atoms with Crippen LogP contribution in [0.25, 0.3) is 0 Å². The first-order chi connectivity index (χ1) is 13.0. The lowest BCUT2D eigenvalue weighted by molar-refractivity contribution is -0.130. The van der Waals surface area contributed by atoms with E-state index in [0.717, 1.165) is 6.21 Å². The quantitative estimate of drug-likeness (QED) is 0.327. The highest BCUT2D eigenvalue weighted by atomic mass is 79.9. The number of amides is 3. The summed E-state index contributed by atoms with van der Waals surface area (Å²) in [6.45, 7) is 0. The molecular weight excluding hydrogens is 432 g/mol. The van der Waals surface area contributed by atoms with Gasteiger partial charge in [0, 0.05) is 10.7 Å². The molecule has 7 nitrogen and oxygen atoms in total. The first kappa shape index (κ1) is 18.9. The van der Waals surface area contributed by atoms with E-state index in [1.807, 2.05) is 0 Å². The predicted octanol–water partition coefficient (Wildman–Crippen LogP) is 2.23. The molecule has 1 aliphatic rings. The molecule has 0 spiro atoms. The Bertz CT molecular complexity index is 949. The van der Waals surface area contributed by atoms with E-state index in [1.165, 1.54) is 4.90 Å². The maximum Gasteiger partial charge on any atom is 0.272 e. The number of nitrogens with one attached hydrogen (secondary N) is 2. The molecule has 0 radical (unpaired) electrons. The molecule has 1 atom stereocenters. The number of hydrogen-bond donors (Lipinski definition) is 2. The zero-order valence-electron chi connectivity index (χ0n) is 13.8. The number of para-hydroxylation sites is 1. The molecule has 2 aromatic rings. The van der Waals surface area contributed by atoms with Crippen LogP contribution in [0.15, 0.2) is 64.2 Å². The average molecular weight is 445 g/mol. The molecule has 3 amide bonds. The highest BCUT2D eigenvalue weighted by Crippen LogP contribution is 2.20. The lowest BCUT2D eigenvalue weighted by Crippen LogP contribution is -2.58. The van der Waals surface area contributed by atoms with Crippen molar-refractivity contribution in [2.24, 2.45) is 11.0 Å². The van der Waals surface area contributed by atoms with Crippen LogP contribution in [-0.2, 0) is 9.59 Å². The Kier molecular flexibility index (Phi) is 5.72. The van der Waals surface area contributed by atoms with Crippen molar-refractivity contribution in [1.29, 1.82) is 0 Å². The smallest absolute Gasteiger partial charge is 0.272 e. The lowest BCUT2D eigenvalue weighted by atomic mass is 10.1. The first-order valence-corrected chi connectivity index (χ1v) is 9.01. The number of anilines is 1. The monoisotopic (exact) mass is 444 g/mol. The third-order valence-corrected chi connectivity index (χ3v) is 4.70. The standard InChI is InChI=1S/C18H13BrN4O3S/c19-14-9-5-4-8-12(14)16(25)22-20-10-13-15(24)21-18(27)23(17(13)26)11-6-2-1-3-7-11/h1-10,13H,(H,22,25)(H,21,24,27)/b20-10-/t13-/m0/s1. The number of carbonyl (C=O) groups is 3. The highest BCUT2D eigenvalue weighted by Gasteiger charge is 2.38. The third-order valence-electron chi connectivity index (χ3n) is 3.72. The molecular formula is C18H13BrN4O3S. The van der Waals surface area contributed by atoms with Crippen LogP contribution in [-0.4, -0.2) is 29.0 Å². The van der Waals surface area contributed by atoms with Crippen molar-refractivity contribution in [2.45, 2.75) is 0 Å². The van der Waals surface area contributed by atoms with Gasteiger partial charge in [-0.3, -0.25) is 19.3 Å². The van der Waals surface area contributed by atoms with Crippen molar-refractivity contribution >= 4 is 62.9 Å². The Morgan fingerprint density at radius 2 is 1.81 bits per heavy atom. The molecule has 1 fully saturated rings. The van der Waals surface area contributed by atoms with Crippen LogP contribution in [0.5, 0.6) is 0 Å². The molecule has 27 heavy (non-hydrogen) atoms. The van der Waals surface area contributed by atoms with Gasteiger partial charge in [-0.15, -0.1) is 0 Å². The number of halogens is 1. The molecule has 0 aliphatic carbocycles. The van der Waals surface area contributed by atoms with Crippen molar-refractivity contribution in [3.05, 3.63) is 64.6 Å². The molecule has 2 aromatic carbocycles. The first-order valence-electron chi connectivity index (χ1n) is 7.81. The minimum absolute atomic E-state index is 0.00176. The summed E-state index contributed by atoms with van der Waals surface area (Å²) in [4.78, 5) is 38.2. The van der Waals surface area contributed by atoms with Crippen LogP contribution in [0.1, 0.15) is 10.4 Å². The molecule has 0 saturated carbocycles. The van der Waals surface area contributed by atoms with E-state index in [4.69, 9.17) is 12.2 Å². The lowest BCUT2D eigenvalue weighted by Gasteiger charge is -2.30. The fraction of sp³-hybridized carbons (Fsp3) is 0.0556. The number of nitrogens with zero attached hydrogens (tertiary/aromatic N) is 2. The van der Waals surface area contributed by atoms with Crippen LogP contribution in [0, 0.1) is 5.92 Å². The molecule has 3 rings (SSSR count). The summed E-state index contributed by atoms with van der Waals surface area (Å²) in [7, 11) is 0. The van der Waals surface area contributed by atoms with Gasteiger partial charge < -0.3 is 5.32 Å². The van der Waals surface area contributed by atoms with E-state index in [2.05, 4.69) is 31.8 Å². The third kappa shape index (κ3) is 4.09. The summed E-state index contributed by atoms with van der Waals surface area (Å²) in [6, 6.07) is 15.5. The van der Waals surface area contributed by atoms with Crippen molar-refractivity contribution in [3.63, 3.8) is 0 Å². The number of benzene rings is 2. The Labute approximate surface area is 168 Å². The van der Waals surface area contributed by atoms with Gasteiger partial charge in [-0.2, -0.15) is 5.10 Å². The van der Waals surface area contributed by atoms with Crippen LogP contribution < -0.4 is 15.6 Å². The number of rotatable bonds is 4. The highest BCUT2D eigenvalue weighted by molar-refractivity contribution is 9.10. The van der Waals surface area contributed by atoms with Gasteiger partial charge >= 0.3 is 0 Å². The fourth-order valence-corrected chi connectivity index (χ4v) is 3.18. The van der Waals surface area contributed by atoms with E-state index in [9.17, 15) is 14.4 Å². The Hall–Kier alpha value is -2.91. The summed E-state index contributed by atoms with van der Waals surface area (Å²) in [6.07, 6.45) is 1.09. The second-order valence-corrected chi connectivity index (χ2v) is 6.72. The Morgan fingerprint density at radius 1 is 1.15 bits per heavy atom. The zero-order chi connectivity index (χ0) is 19.4. The molecule has 136 valence electrons. The maximum absolute atomic E-state index is 12.7. The van der Waals surface area contributed by atoms with Crippen LogP contribution >= 0.6 is 28.1 Å². The van der Waals surface area contributed by atoms with Crippen molar-refractivity contribution in [3.8, 4) is 0 Å². The van der Waals surface area contributed by atoms with Gasteiger partial charge in [-0.05, 0) is 52.4 Å². The normalized spacial score (nSPS) is 17.1. The zero-order valence-corrected chi connectivity index (χ0v) is 16.2. The van der Waals surface area contributed by atoms with E-state index >= 15 is 0 Å². The summed E-state index contributed by atoms with van der Waals surface area (Å²) in [5.41, 5.74) is 3.22. The van der Waals surface area contributed by atoms with E-state index < -0.39 is 23.6 Å². The minimum atomic E-state index is -1.21. The van der Waals surface area contributed by atoms with Crippen molar-refractivity contribution < 1.29 is 14.4 Å².